The molecule has 2 aromatic carbocycles. The molecule has 0 aliphatic rings. The van der Waals surface area contributed by atoms with Gasteiger partial charge in [0.05, 0.1) is 0 Å². The second-order valence-corrected chi connectivity index (χ2v) is 7.58. The van der Waals surface area contributed by atoms with Crippen LogP contribution in [-0.4, -0.2) is 14.2 Å². The van der Waals surface area contributed by atoms with E-state index >= 15 is 0 Å². The summed E-state index contributed by atoms with van der Waals surface area (Å²) in [6.07, 6.45) is 8.18. The molecule has 0 aliphatic heterocycles. The van der Waals surface area contributed by atoms with Crippen molar-refractivity contribution in [1.29, 1.82) is 0 Å². The van der Waals surface area contributed by atoms with Gasteiger partial charge in [0.15, 0.2) is 5.78 Å². The van der Waals surface area contributed by atoms with Crippen molar-refractivity contribution in [3.05, 3.63) is 66.2 Å². The quantitative estimate of drug-likeness (QED) is 0.334. The van der Waals surface area contributed by atoms with E-state index in [4.69, 9.17) is 4.18 Å². The Labute approximate surface area is 155 Å². The SMILES string of the molecule is CCCCCCC(=O)/C=C\c1ccc(OS(=O)(=O)c2ccccc2)cc1. The minimum atomic E-state index is -3.84. The van der Waals surface area contributed by atoms with Crippen LogP contribution in [0, 0.1) is 0 Å². The zero-order valence-corrected chi connectivity index (χ0v) is 15.7. The fraction of sp³-hybridized carbons (Fsp3) is 0.286. The Balaban J connectivity index is 1.92. The normalized spacial score (nSPS) is 11.6. The van der Waals surface area contributed by atoms with E-state index in [1.165, 1.54) is 12.1 Å². The van der Waals surface area contributed by atoms with E-state index in [0.29, 0.717) is 6.42 Å². The summed E-state index contributed by atoms with van der Waals surface area (Å²) in [5, 5.41) is 0. The van der Waals surface area contributed by atoms with E-state index in [1.54, 1.807) is 54.6 Å². The summed E-state index contributed by atoms with van der Waals surface area (Å²) in [4.78, 5) is 11.9. The molecule has 0 amide bonds. The topological polar surface area (TPSA) is 60.4 Å². The van der Waals surface area contributed by atoms with Crippen molar-refractivity contribution in [2.24, 2.45) is 0 Å². The van der Waals surface area contributed by atoms with Crippen LogP contribution >= 0.6 is 0 Å². The maximum absolute atomic E-state index is 12.2. The zero-order valence-electron chi connectivity index (χ0n) is 14.9. The number of unbranched alkanes of at least 4 members (excludes halogenated alkanes) is 3. The van der Waals surface area contributed by atoms with Crippen LogP contribution in [-0.2, 0) is 14.9 Å². The van der Waals surface area contributed by atoms with Gasteiger partial charge in [-0.15, -0.1) is 0 Å². The van der Waals surface area contributed by atoms with Gasteiger partial charge in [-0.2, -0.15) is 8.42 Å². The van der Waals surface area contributed by atoms with Gasteiger partial charge in [0, 0.05) is 6.42 Å². The highest BCUT2D eigenvalue weighted by Crippen LogP contribution is 2.19. The average molecular weight is 372 g/mol. The summed E-state index contributed by atoms with van der Waals surface area (Å²) in [6.45, 7) is 2.14. The third-order valence-corrected chi connectivity index (χ3v) is 5.12. The molecule has 0 atom stereocenters. The number of ketones is 1. The molecular formula is C21H24O4S. The van der Waals surface area contributed by atoms with Gasteiger partial charge in [0.2, 0.25) is 0 Å². The number of rotatable bonds is 10. The molecule has 0 bridgehead atoms. The first-order valence-corrected chi connectivity index (χ1v) is 10.2. The van der Waals surface area contributed by atoms with Crippen molar-refractivity contribution in [3.8, 4) is 5.75 Å². The lowest BCUT2D eigenvalue weighted by Crippen LogP contribution is -2.09. The highest BCUT2D eigenvalue weighted by Gasteiger charge is 2.15. The van der Waals surface area contributed by atoms with Crippen LogP contribution in [0.2, 0.25) is 0 Å². The Morgan fingerprint density at radius 2 is 1.65 bits per heavy atom. The number of carbonyl (C=O) groups is 1. The second-order valence-electron chi connectivity index (χ2n) is 6.03. The Hall–Kier alpha value is -2.40. The first kappa shape index (κ1) is 19.9. The van der Waals surface area contributed by atoms with Crippen LogP contribution in [0.25, 0.3) is 6.08 Å². The first-order chi connectivity index (χ1) is 12.5. The molecule has 0 aromatic heterocycles. The molecule has 0 saturated heterocycles. The second kappa shape index (κ2) is 9.92. The molecule has 0 N–H and O–H groups in total. The van der Waals surface area contributed by atoms with E-state index in [9.17, 15) is 13.2 Å². The van der Waals surface area contributed by atoms with Gasteiger partial charge in [-0.3, -0.25) is 4.79 Å². The van der Waals surface area contributed by atoms with Gasteiger partial charge >= 0.3 is 10.1 Å². The summed E-state index contributed by atoms with van der Waals surface area (Å²) in [7, 11) is -3.84. The van der Waals surface area contributed by atoms with Crippen LogP contribution in [0.5, 0.6) is 5.75 Å². The van der Waals surface area contributed by atoms with Crippen LogP contribution < -0.4 is 4.18 Å². The number of benzene rings is 2. The molecule has 0 heterocycles. The highest BCUT2D eigenvalue weighted by atomic mass is 32.2. The van der Waals surface area contributed by atoms with Gasteiger partial charge in [0.1, 0.15) is 10.6 Å². The summed E-state index contributed by atoms with van der Waals surface area (Å²) in [5.41, 5.74) is 0.816. The summed E-state index contributed by atoms with van der Waals surface area (Å²) < 4.78 is 29.5. The molecule has 2 rings (SSSR count). The maximum Gasteiger partial charge on any atom is 0.339 e. The minimum Gasteiger partial charge on any atom is -0.379 e. The third kappa shape index (κ3) is 6.48. The fourth-order valence-electron chi connectivity index (χ4n) is 2.39. The Kier molecular flexibility index (Phi) is 7.60. The largest absolute Gasteiger partial charge is 0.379 e. The fourth-order valence-corrected chi connectivity index (χ4v) is 3.35. The van der Waals surface area contributed by atoms with Gasteiger partial charge in [-0.25, -0.2) is 0 Å². The predicted molar refractivity (Wildman–Crippen MR) is 103 cm³/mol. The molecule has 0 aliphatic carbocycles. The van der Waals surface area contributed by atoms with E-state index in [2.05, 4.69) is 6.92 Å². The van der Waals surface area contributed by atoms with Crippen molar-refractivity contribution in [3.63, 3.8) is 0 Å². The molecule has 138 valence electrons. The number of hydrogen-bond acceptors (Lipinski definition) is 4. The molecule has 0 unspecified atom stereocenters. The van der Waals surface area contributed by atoms with Crippen molar-refractivity contribution in [1.82, 2.24) is 0 Å². The Morgan fingerprint density at radius 1 is 0.962 bits per heavy atom. The van der Waals surface area contributed by atoms with Crippen LogP contribution in [0.1, 0.15) is 44.6 Å². The summed E-state index contributed by atoms with van der Waals surface area (Å²) in [5.74, 6) is 0.338. The third-order valence-electron chi connectivity index (χ3n) is 3.86. The molecular weight excluding hydrogens is 348 g/mol. The first-order valence-electron chi connectivity index (χ1n) is 8.82. The van der Waals surface area contributed by atoms with Gasteiger partial charge in [-0.05, 0) is 42.3 Å². The lowest BCUT2D eigenvalue weighted by molar-refractivity contribution is -0.114. The maximum atomic E-state index is 12.2. The monoisotopic (exact) mass is 372 g/mol. The van der Waals surface area contributed by atoms with Crippen molar-refractivity contribution < 1.29 is 17.4 Å². The zero-order chi connectivity index (χ0) is 18.8. The average Bonchev–Trinajstić information content (AvgIpc) is 2.65. The molecule has 0 saturated carbocycles. The minimum absolute atomic E-state index is 0.105. The van der Waals surface area contributed by atoms with E-state index < -0.39 is 10.1 Å². The van der Waals surface area contributed by atoms with Crippen molar-refractivity contribution >= 4 is 22.0 Å². The lowest BCUT2D eigenvalue weighted by atomic mass is 10.1. The number of allylic oxidation sites excluding steroid dienone is 1. The lowest BCUT2D eigenvalue weighted by Gasteiger charge is -2.07. The van der Waals surface area contributed by atoms with E-state index in [0.717, 1.165) is 31.2 Å². The molecule has 2 aromatic rings. The van der Waals surface area contributed by atoms with Crippen molar-refractivity contribution in [2.75, 3.05) is 0 Å². The molecule has 0 fully saturated rings. The molecule has 0 spiro atoms. The van der Waals surface area contributed by atoms with Crippen LogP contribution in [0.3, 0.4) is 0 Å². The molecule has 4 nitrogen and oxygen atoms in total. The van der Waals surface area contributed by atoms with E-state index in [1.807, 2.05) is 0 Å². The van der Waals surface area contributed by atoms with Gasteiger partial charge in [0.25, 0.3) is 0 Å². The molecule has 26 heavy (non-hydrogen) atoms. The Morgan fingerprint density at radius 3 is 2.31 bits per heavy atom. The number of carbonyl (C=O) groups excluding carboxylic acids is 1. The molecule has 5 heteroatoms. The standard InChI is InChI=1S/C21H24O4S/c1-2-3-4-6-9-19(22)15-12-18-13-16-20(17-14-18)25-26(23,24)21-10-7-5-8-11-21/h5,7-8,10-17H,2-4,6,9H2,1H3/b15-12-. The number of hydrogen-bond donors (Lipinski definition) is 0. The predicted octanol–water partition coefficient (Wildman–Crippen LogP) is 5.01. The van der Waals surface area contributed by atoms with Crippen molar-refractivity contribution in [2.45, 2.75) is 43.9 Å². The summed E-state index contributed by atoms with van der Waals surface area (Å²) in [6, 6.07) is 14.6. The highest BCUT2D eigenvalue weighted by molar-refractivity contribution is 7.87. The summed E-state index contributed by atoms with van der Waals surface area (Å²) >= 11 is 0. The Bertz CT molecular complexity index is 822. The van der Waals surface area contributed by atoms with Gasteiger partial charge < -0.3 is 4.18 Å². The molecule has 0 radical (unpaired) electrons. The smallest absolute Gasteiger partial charge is 0.339 e. The van der Waals surface area contributed by atoms with Crippen LogP contribution in [0.4, 0.5) is 0 Å². The van der Waals surface area contributed by atoms with E-state index in [-0.39, 0.29) is 16.4 Å². The van der Waals surface area contributed by atoms with Crippen LogP contribution in [0.15, 0.2) is 65.6 Å². The van der Waals surface area contributed by atoms with Gasteiger partial charge in [-0.1, -0.05) is 62.6 Å².